The summed E-state index contributed by atoms with van der Waals surface area (Å²) in [5.74, 6) is 0.815. The molecule has 4 rings (SSSR count). The van der Waals surface area contributed by atoms with E-state index in [0.29, 0.717) is 24.1 Å². The molecular weight excluding hydrogens is 600 g/mol. The SMILES string of the molecule is C=CC(=C1/OCC/C1=C(/C)NCc1cccc(C(=O)NC2CC3(CCN(C=O)CC3)C2)c1)/C(C)=C/C=N\CN.C=CCC.CCN(C)C. The first-order valence-electron chi connectivity index (χ1n) is 17.2. The molecule has 264 valence electrons. The molecule has 2 saturated heterocycles. The molecule has 4 N–H and O–H groups in total. The lowest BCUT2D eigenvalue weighted by atomic mass is 9.60. The molecule has 0 unspecified atom stereocenters. The minimum Gasteiger partial charge on any atom is -0.492 e. The molecular formula is C39H60N6O3. The van der Waals surface area contributed by atoms with Gasteiger partial charge in [-0.1, -0.05) is 44.7 Å². The second-order valence-electron chi connectivity index (χ2n) is 12.9. The first-order valence-corrected chi connectivity index (χ1v) is 17.2. The maximum Gasteiger partial charge on any atom is 0.251 e. The van der Waals surface area contributed by atoms with Crippen molar-refractivity contribution in [3.05, 3.63) is 95.0 Å². The number of aliphatic imine (C=N–C) groups is 1. The number of ether oxygens (including phenoxy) is 1. The second kappa shape index (κ2) is 21.1. The average Bonchev–Trinajstić information content (AvgIpc) is 3.57. The molecule has 0 bridgehead atoms. The van der Waals surface area contributed by atoms with Crippen LogP contribution in [-0.2, 0) is 16.1 Å². The van der Waals surface area contributed by atoms with Crippen LogP contribution in [0.2, 0.25) is 0 Å². The first-order chi connectivity index (χ1) is 23.1. The molecule has 1 saturated carbocycles. The van der Waals surface area contributed by atoms with Gasteiger partial charge in [0.1, 0.15) is 5.76 Å². The fourth-order valence-electron chi connectivity index (χ4n) is 5.83. The van der Waals surface area contributed by atoms with E-state index in [1.807, 2.05) is 54.3 Å². The average molecular weight is 661 g/mol. The monoisotopic (exact) mass is 660 g/mol. The summed E-state index contributed by atoms with van der Waals surface area (Å²) in [6, 6.07) is 7.99. The van der Waals surface area contributed by atoms with Crippen LogP contribution < -0.4 is 16.4 Å². The van der Waals surface area contributed by atoms with Gasteiger partial charge in [-0.2, -0.15) is 0 Å². The summed E-state index contributed by atoms with van der Waals surface area (Å²) in [5.41, 5.74) is 11.6. The Morgan fingerprint density at radius 2 is 1.85 bits per heavy atom. The first kappa shape index (κ1) is 40.2. The van der Waals surface area contributed by atoms with Crippen molar-refractivity contribution in [3.63, 3.8) is 0 Å². The predicted molar refractivity (Wildman–Crippen MR) is 200 cm³/mol. The number of likely N-dealkylation sites (tertiary alicyclic amines) is 1. The number of benzene rings is 1. The Labute approximate surface area is 289 Å². The molecule has 3 aliphatic rings. The van der Waals surface area contributed by atoms with Crippen LogP contribution in [-0.4, -0.2) is 81.4 Å². The molecule has 2 heterocycles. The van der Waals surface area contributed by atoms with Crippen molar-refractivity contribution in [2.24, 2.45) is 16.1 Å². The molecule has 48 heavy (non-hydrogen) atoms. The Hall–Kier alpha value is -3.95. The van der Waals surface area contributed by atoms with Gasteiger partial charge in [-0.15, -0.1) is 6.58 Å². The maximum absolute atomic E-state index is 13.0. The molecule has 9 heteroatoms. The minimum atomic E-state index is -0.0254. The van der Waals surface area contributed by atoms with Crippen LogP contribution in [0.3, 0.4) is 0 Å². The smallest absolute Gasteiger partial charge is 0.251 e. The van der Waals surface area contributed by atoms with Crippen LogP contribution >= 0.6 is 0 Å². The summed E-state index contributed by atoms with van der Waals surface area (Å²) in [7, 11) is 4.11. The zero-order valence-electron chi connectivity index (χ0n) is 30.3. The van der Waals surface area contributed by atoms with Gasteiger partial charge in [-0.25, -0.2) is 0 Å². The van der Waals surface area contributed by atoms with Crippen molar-refractivity contribution in [1.82, 2.24) is 20.4 Å². The fraction of sp³-hybridized carbons (Fsp3) is 0.513. The quantitative estimate of drug-likeness (QED) is 0.141. The van der Waals surface area contributed by atoms with E-state index < -0.39 is 0 Å². The second-order valence-corrected chi connectivity index (χ2v) is 12.9. The Bertz CT molecular complexity index is 1330. The summed E-state index contributed by atoms with van der Waals surface area (Å²) in [4.78, 5) is 32.0. The molecule has 9 nitrogen and oxygen atoms in total. The van der Waals surface area contributed by atoms with E-state index in [1.165, 1.54) is 0 Å². The zero-order chi connectivity index (χ0) is 35.5. The van der Waals surface area contributed by atoms with Crippen LogP contribution in [0.4, 0.5) is 0 Å². The molecule has 2 amide bonds. The number of nitrogens with two attached hydrogens (primary N) is 1. The lowest BCUT2D eigenvalue weighted by molar-refractivity contribution is -0.121. The summed E-state index contributed by atoms with van der Waals surface area (Å²) >= 11 is 0. The standard InChI is InChI=1S/C31H41N5O3.C4H11N.C4H8/c1-4-27(22(2)8-12-33-20-32)29-28(9-15-39-29)23(3)34-19-24-6-5-7-25(16-24)30(38)35-26-17-31(18-26)10-13-36(21-37)14-11-31;1-4-5(2)3;1-3-4-2/h4-8,12,16,21,26,34H,1,9-11,13-15,17-20,32H2,2-3H3,(H,35,38);4H2,1-3H3;3H,1,4H2,2H3/b22-8+,28-23+,29-27-,33-12-;;. The van der Waals surface area contributed by atoms with Gasteiger partial charge in [0.25, 0.3) is 5.91 Å². The van der Waals surface area contributed by atoms with Gasteiger partial charge in [0.05, 0.1) is 13.3 Å². The fourth-order valence-corrected chi connectivity index (χ4v) is 5.83. The number of carbonyl (C=O) groups excluding carboxylic acids is 2. The van der Waals surface area contributed by atoms with Gasteiger partial charge in [-0.05, 0) is 101 Å². The maximum atomic E-state index is 13.0. The molecule has 0 aromatic heterocycles. The van der Waals surface area contributed by atoms with Crippen molar-refractivity contribution in [1.29, 1.82) is 0 Å². The van der Waals surface area contributed by atoms with Gasteiger partial charge in [-0.3, -0.25) is 14.6 Å². The van der Waals surface area contributed by atoms with E-state index in [1.54, 1.807) is 6.21 Å². The molecule has 0 radical (unpaired) electrons. The van der Waals surface area contributed by atoms with Crippen molar-refractivity contribution in [2.75, 3.05) is 47.0 Å². The number of rotatable bonds is 12. The number of nitrogens with zero attached hydrogens (tertiary/aromatic N) is 3. The highest BCUT2D eigenvalue weighted by Crippen LogP contribution is 2.49. The van der Waals surface area contributed by atoms with Gasteiger partial charge in [0, 0.05) is 60.7 Å². The lowest BCUT2D eigenvalue weighted by Crippen LogP contribution is -2.54. The number of amides is 2. The number of hydrogen-bond acceptors (Lipinski definition) is 7. The van der Waals surface area contributed by atoms with E-state index in [9.17, 15) is 9.59 Å². The summed E-state index contributed by atoms with van der Waals surface area (Å²) in [6.45, 7) is 20.0. The third-order valence-electron chi connectivity index (χ3n) is 9.10. The topological polar surface area (TPSA) is 112 Å². The summed E-state index contributed by atoms with van der Waals surface area (Å²) in [6.07, 6.45) is 14.2. The third-order valence-corrected chi connectivity index (χ3v) is 9.10. The van der Waals surface area contributed by atoms with Crippen molar-refractivity contribution < 1.29 is 14.3 Å². The highest BCUT2D eigenvalue weighted by Gasteiger charge is 2.46. The largest absolute Gasteiger partial charge is 0.492 e. The number of nitrogens with one attached hydrogen (secondary N) is 2. The molecule has 2 aliphatic heterocycles. The van der Waals surface area contributed by atoms with Crippen LogP contribution in [0.5, 0.6) is 0 Å². The van der Waals surface area contributed by atoms with Crippen molar-refractivity contribution in [2.45, 2.75) is 78.8 Å². The van der Waals surface area contributed by atoms with Crippen LogP contribution in [0, 0.1) is 5.41 Å². The molecule has 0 atom stereocenters. The normalized spacial score (nSPS) is 19.2. The molecule has 1 aromatic carbocycles. The van der Waals surface area contributed by atoms with E-state index in [-0.39, 0.29) is 18.6 Å². The summed E-state index contributed by atoms with van der Waals surface area (Å²) < 4.78 is 6.01. The Morgan fingerprint density at radius 1 is 1.19 bits per heavy atom. The Kier molecular flexibility index (Phi) is 17.7. The molecule has 3 fully saturated rings. The molecule has 1 spiro atoms. The van der Waals surface area contributed by atoms with Gasteiger partial charge < -0.3 is 30.9 Å². The van der Waals surface area contributed by atoms with Gasteiger partial charge in [0.2, 0.25) is 6.41 Å². The van der Waals surface area contributed by atoms with Crippen LogP contribution in [0.15, 0.2) is 88.8 Å². The lowest BCUT2D eigenvalue weighted by Gasteiger charge is -2.51. The van der Waals surface area contributed by atoms with Gasteiger partial charge >= 0.3 is 0 Å². The van der Waals surface area contributed by atoms with Crippen molar-refractivity contribution >= 4 is 18.5 Å². The zero-order valence-corrected chi connectivity index (χ0v) is 30.3. The number of hydrogen-bond donors (Lipinski definition) is 3. The Balaban J connectivity index is 0.000000789. The van der Waals surface area contributed by atoms with E-state index >= 15 is 0 Å². The molecule has 1 aliphatic carbocycles. The predicted octanol–water partition coefficient (Wildman–Crippen LogP) is 6.13. The summed E-state index contributed by atoms with van der Waals surface area (Å²) in [5, 5.41) is 6.74. The highest BCUT2D eigenvalue weighted by molar-refractivity contribution is 5.94. The van der Waals surface area contributed by atoms with Crippen LogP contribution in [0.25, 0.3) is 0 Å². The Morgan fingerprint density at radius 3 is 2.42 bits per heavy atom. The van der Waals surface area contributed by atoms with Crippen LogP contribution in [0.1, 0.15) is 82.1 Å². The van der Waals surface area contributed by atoms with Gasteiger partial charge in [0.15, 0.2) is 0 Å². The van der Waals surface area contributed by atoms with Crippen molar-refractivity contribution in [3.8, 4) is 0 Å². The minimum absolute atomic E-state index is 0.0254. The number of allylic oxidation sites excluding steroid dienone is 7. The molecule has 1 aromatic rings. The number of carbonyl (C=O) groups is 2. The number of piperidine rings is 1. The van der Waals surface area contributed by atoms with E-state index in [2.05, 4.69) is 68.6 Å². The van der Waals surface area contributed by atoms with E-state index in [4.69, 9.17) is 10.5 Å². The highest BCUT2D eigenvalue weighted by atomic mass is 16.5. The third kappa shape index (κ3) is 12.6. The van der Waals surface area contributed by atoms with E-state index in [0.717, 1.165) is 98.3 Å².